The highest BCUT2D eigenvalue weighted by Gasteiger charge is 2.17. The molecule has 1 aromatic carbocycles. The van der Waals surface area contributed by atoms with Gasteiger partial charge >= 0.3 is 0 Å². The van der Waals surface area contributed by atoms with Crippen LogP contribution in [0.3, 0.4) is 0 Å². The molecule has 0 bridgehead atoms. The number of halogens is 1. The number of nitro benzene ring substituents is 1. The van der Waals surface area contributed by atoms with Crippen LogP contribution in [-0.4, -0.2) is 4.92 Å². The standard InChI is InChI=1S/C12H11BrN2O3/c1-8(12-3-2-6-18-12)14-10-7-9(13)4-5-11(10)15(16)17/h2-8,14H,1H3. The quantitative estimate of drug-likeness (QED) is 0.681. The van der Waals surface area contributed by atoms with E-state index in [2.05, 4.69) is 21.2 Å². The van der Waals surface area contributed by atoms with Crippen molar-refractivity contribution >= 4 is 27.3 Å². The molecule has 0 saturated heterocycles. The van der Waals surface area contributed by atoms with E-state index >= 15 is 0 Å². The second kappa shape index (κ2) is 5.22. The van der Waals surface area contributed by atoms with E-state index in [1.807, 2.05) is 13.0 Å². The van der Waals surface area contributed by atoms with E-state index in [0.29, 0.717) is 5.69 Å². The Bertz CT molecular complexity index is 554. The monoisotopic (exact) mass is 310 g/mol. The molecule has 0 radical (unpaired) electrons. The second-order valence-electron chi connectivity index (χ2n) is 3.80. The molecular weight excluding hydrogens is 300 g/mol. The largest absolute Gasteiger partial charge is 0.467 e. The normalized spacial score (nSPS) is 12.1. The van der Waals surface area contributed by atoms with Crippen LogP contribution in [0.1, 0.15) is 18.7 Å². The van der Waals surface area contributed by atoms with Gasteiger partial charge in [-0.2, -0.15) is 0 Å². The van der Waals surface area contributed by atoms with Crippen LogP contribution in [-0.2, 0) is 0 Å². The number of rotatable bonds is 4. The fourth-order valence-electron chi connectivity index (χ4n) is 1.63. The molecule has 0 amide bonds. The van der Waals surface area contributed by atoms with Crippen molar-refractivity contribution in [2.75, 3.05) is 5.32 Å². The molecule has 0 saturated carbocycles. The highest BCUT2D eigenvalue weighted by molar-refractivity contribution is 9.10. The van der Waals surface area contributed by atoms with E-state index in [-0.39, 0.29) is 11.7 Å². The van der Waals surface area contributed by atoms with E-state index in [1.54, 1.807) is 24.5 Å². The van der Waals surface area contributed by atoms with Crippen LogP contribution in [0.15, 0.2) is 45.5 Å². The van der Waals surface area contributed by atoms with Crippen molar-refractivity contribution in [3.8, 4) is 0 Å². The number of nitro groups is 1. The van der Waals surface area contributed by atoms with E-state index in [1.165, 1.54) is 6.07 Å². The van der Waals surface area contributed by atoms with Crippen LogP contribution in [0.25, 0.3) is 0 Å². The zero-order valence-electron chi connectivity index (χ0n) is 9.59. The minimum Gasteiger partial charge on any atom is -0.467 e. The lowest BCUT2D eigenvalue weighted by molar-refractivity contribution is -0.384. The average Bonchev–Trinajstić information content (AvgIpc) is 2.81. The van der Waals surface area contributed by atoms with Gasteiger partial charge in [-0.15, -0.1) is 0 Å². The zero-order chi connectivity index (χ0) is 13.1. The van der Waals surface area contributed by atoms with Crippen LogP contribution in [0, 0.1) is 10.1 Å². The van der Waals surface area contributed by atoms with Crippen molar-refractivity contribution in [3.63, 3.8) is 0 Å². The molecule has 0 spiro atoms. The third-order valence-electron chi connectivity index (χ3n) is 2.50. The Balaban J connectivity index is 2.28. The predicted octanol–water partition coefficient (Wildman–Crippen LogP) is 4.12. The van der Waals surface area contributed by atoms with Crippen molar-refractivity contribution in [3.05, 3.63) is 56.9 Å². The lowest BCUT2D eigenvalue weighted by Gasteiger charge is -2.13. The Hall–Kier alpha value is -1.82. The maximum Gasteiger partial charge on any atom is 0.292 e. The van der Waals surface area contributed by atoms with E-state index in [4.69, 9.17) is 4.42 Å². The number of furan rings is 1. The number of hydrogen-bond donors (Lipinski definition) is 1. The fraction of sp³-hybridized carbons (Fsp3) is 0.167. The van der Waals surface area contributed by atoms with Crippen molar-refractivity contribution in [1.29, 1.82) is 0 Å². The SMILES string of the molecule is CC(Nc1cc(Br)ccc1[N+](=O)[O-])c1ccco1. The van der Waals surface area contributed by atoms with Gasteiger partial charge in [0.15, 0.2) is 0 Å². The summed E-state index contributed by atoms with van der Waals surface area (Å²) < 4.78 is 6.03. The van der Waals surface area contributed by atoms with E-state index in [9.17, 15) is 10.1 Å². The van der Waals surface area contributed by atoms with Gasteiger partial charge in [0.05, 0.1) is 17.2 Å². The number of hydrogen-bond acceptors (Lipinski definition) is 4. The molecular formula is C12H11BrN2O3. The van der Waals surface area contributed by atoms with Gasteiger partial charge in [0.2, 0.25) is 0 Å². The number of anilines is 1. The smallest absolute Gasteiger partial charge is 0.292 e. The summed E-state index contributed by atoms with van der Waals surface area (Å²) in [6.45, 7) is 1.88. The molecule has 0 aliphatic heterocycles. The fourth-order valence-corrected chi connectivity index (χ4v) is 1.99. The summed E-state index contributed by atoms with van der Waals surface area (Å²) in [6, 6.07) is 8.23. The van der Waals surface area contributed by atoms with Crippen molar-refractivity contribution in [1.82, 2.24) is 0 Å². The highest BCUT2D eigenvalue weighted by atomic mass is 79.9. The second-order valence-corrected chi connectivity index (χ2v) is 4.72. The first kappa shape index (κ1) is 12.6. The van der Waals surface area contributed by atoms with E-state index < -0.39 is 4.92 Å². The molecule has 5 nitrogen and oxygen atoms in total. The highest BCUT2D eigenvalue weighted by Crippen LogP contribution is 2.30. The molecule has 1 aromatic heterocycles. The maximum absolute atomic E-state index is 10.9. The Morgan fingerprint density at radius 1 is 1.44 bits per heavy atom. The van der Waals surface area contributed by atoms with Crippen LogP contribution in [0.5, 0.6) is 0 Å². The molecule has 0 aliphatic carbocycles. The summed E-state index contributed by atoms with van der Waals surface area (Å²) in [6.07, 6.45) is 1.57. The predicted molar refractivity (Wildman–Crippen MR) is 71.5 cm³/mol. The van der Waals surface area contributed by atoms with Crippen LogP contribution in [0.2, 0.25) is 0 Å². The molecule has 2 rings (SSSR count). The molecule has 94 valence electrons. The average molecular weight is 311 g/mol. The Morgan fingerprint density at radius 3 is 2.83 bits per heavy atom. The van der Waals surface area contributed by atoms with Gasteiger partial charge in [0.25, 0.3) is 5.69 Å². The zero-order valence-corrected chi connectivity index (χ0v) is 11.2. The summed E-state index contributed by atoms with van der Waals surface area (Å²) in [4.78, 5) is 10.5. The lowest BCUT2D eigenvalue weighted by atomic mass is 10.2. The van der Waals surface area contributed by atoms with Crippen LogP contribution in [0.4, 0.5) is 11.4 Å². The topological polar surface area (TPSA) is 68.3 Å². The Labute approximate surface area is 112 Å². The summed E-state index contributed by atoms with van der Waals surface area (Å²) in [7, 11) is 0. The van der Waals surface area contributed by atoms with Gasteiger partial charge in [-0.05, 0) is 31.2 Å². The molecule has 0 fully saturated rings. The third kappa shape index (κ3) is 2.70. The molecule has 1 heterocycles. The van der Waals surface area contributed by atoms with Crippen molar-refractivity contribution < 1.29 is 9.34 Å². The van der Waals surface area contributed by atoms with E-state index in [0.717, 1.165) is 10.2 Å². The van der Waals surface area contributed by atoms with Gasteiger partial charge in [-0.25, -0.2) is 0 Å². The van der Waals surface area contributed by atoms with Crippen LogP contribution >= 0.6 is 15.9 Å². The van der Waals surface area contributed by atoms with Gasteiger partial charge in [-0.3, -0.25) is 10.1 Å². The lowest BCUT2D eigenvalue weighted by Crippen LogP contribution is -2.07. The van der Waals surface area contributed by atoms with Gasteiger partial charge in [-0.1, -0.05) is 15.9 Å². The molecule has 1 unspecified atom stereocenters. The molecule has 1 N–H and O–H groups in total. The van der Waals surface area contributed by atoms with Gasteiger partial charge in [0.1, 0.15) is 11.4 Å². The summed E-state index contributed by atoms with van der Waals surface area (Å²) in [5.74, 6) is 0.726. The summed E-state index contributed by atoms with van der Waals surface area (Å²) in [5.41, 5.74) is 0.495. The number of benzene rings is 1. The van der Waals surface area contributed by atoms with Crippen molar-refractivity contribution in [2.24, 2.45) is 0 Å². The molecule has 18 heavy (non-hydrogen) atoms. The Morgan fingerprint density at radius 2 is 2.22 bits per heavy atom. The minimum absolute atomic E-state index is 0.0385. The number of nitrogens with zero attached hydrogens (tertiary/aromatic N) is 1. The maximum atomic E-state index is 10.9. The first-order valence-electron chi connectivity index (χ1n) is 5.32. The molecule has 1 atom stereocenters. The first-order valence-corrected chi connectivity index (χ1v) is 6.11. The molecule has 2 aromatic rings. The Kier molecular flexibility index (Phi) is 3.66. The van der Waals surface area contributed by atoms with Crippen molar-refractivity contribution in [2.45, 2.75) is 13.0 Å². The van der Waals surface area contributed by atoms with Crippen LogP contribution < -0.4 is 5.32 Å². The number of nitrogens with one attached hydrogen (secondary N) is 1. The molecule has 0 aliphatic rings. The summed E-state index contributed by atoms with van der Waals surface area (Å²) >= 11 is 3.30. The minimum atomic E-state index is -0.413. The van der Waals surface area contributed by atoms with Gasteiger partial charge < -0.3 is 9.73 Å². The van der Waals surface area contributed by atoms with Gasteiger partial charge in [0, 0.05) is 10.5 Å². The third-order valence-corrected chi connectivity index (χ3v) is 2.99. The summed E-state index contributed by atoms with van der Waals surface area (Å²) in [5, 5.41) is 14.0. The first-order chi connectivity index (χ1) is 8.58. The molecule has 6 heteroatoms.